The normalized spacial score (nSPS) is 23.1. The third-order valence-corrected chi connectivity index (χ3v) is 13.7. The minimum absolute atomic E-state index is 0.327. The van der Waals surface area contributed by atoms with Gasteiger partial charge in [-0.05, 0) is 125 Å². The van der Waals surface area contributed by atoms with Crippen LogP contribution in [0.15, 0.2) is 161 Å². The molecule has 50 heavy (non-hydrogen) atoms. The lowest BCUT2D eigenvalue weighted by molar-refractivity contribution is 0.0488. The highest BCUT2D eigenvalue weighted by Crippen LogP contribution is 2.63. The smallest absolute Gasteiger partial charge is 0.207 e. The summed E-state index contributed by atoms with van der Waals surface area (Å²) in [7, 11) is -3.69. The fourth-order valence-electron chi connectivity index (χ4n) is 9.81. The maximum absolute atomic E-state index is 14.5. The zero-order valence-electron chi connectivity index (χ0n) is 28.4. The van der Waals surface area contributed by atoms with Crippen molar-refractivity contribution in [2.75, 3.05) is 4.90 Å². The molecule has 2 saturated carbocycles. The Morgan fingerprint density at radius 2 is 1.06 bits per heavy atom. The van der Waals surface area contributed by atoms with Gasteiger partial charge in [0.15, 0.2) is 0 Å². The van der Waals surface area contributed by atoms with Crippen molar-refractivity contribution in [3.05, 3.63) is 163 Å². The molecule has 3 nitrogen and oxygen atoms in total. The molecule has 1 heterocycles. The number of hydrogen-bond donors (Lipinski definition) is 0. The SMILES string of the molecule is C[C@@H]1C[C@H]2CCC[C@@H](C1)C21c2ccccc2S(=O)(=O)c2ccc(N(c3ccc(-c4ccccc4)cc3)c3cccc(-c4ccccc4)c3)cc21. The topological polar surface area (TPSA) is 37.4 Å². The summed E-state index contributed by atoms with van der Waals surface area (Å²) >= 11 is 0. The lowest BCUT2D eigenvalue weighted by atomic mass is 9.48. The third-order valence-electron chi connectivity index (χ3n) is 11.8. The molecule has 6 aromatic rings. The van der Waals surface area contributed by atoms with Crippen LogP contribution in [-0.4, -0.2) is 8.42 Å². The van der Waals surface area contributed by atoms with Crippen molar-refractivity contribution in [2.24, 2.45) is 17.8 Å². The number of fused-ring (bicyclic) bond motifs is 2. The van der Waals surface area contributed by atoms with Crippen LogP contribution in [0.5, 0.6) is 0 Å². The summed E-state index contributed by atoms with van der Waals surface area (Å²) in [6.07, 6.45) is 5.71. The van der Waals surface area contributed by atoms with Gasteiger partial charge in [0.05, 0.1) is 9.79 Å². The van der Waals surface area contributed by atoms with Crippen molar-refractivity contribution in [1.29, 1.82) is 0 Å². The first-order valence-electron chi connectivity index (χ1n) is 18.0. The summed E-state index contributed by atoms with van der Waals surface area (Å²) in [4.78, 5) is 3.31. The van der Waals surface area contributed by atoms with Crippen molar-refractivity contribution < 1.29 is 8.42 Å². The van der Waals surface area contributed by atoms with Crippen LogP contribution in [0, 0.1) is 17.8 Å². The molecule has 0 aromatic heterocycles. The lowest BCUT2D eigenvalue weighted by Gasteiger charge is -2.57. The number of hydrogen-bond acceptors (Lipinski definition) is 3. The number of benzene rings is 6. The molecular formula is C46H41NO2S. The van der Waals surface area contributed by atoms with Gasteiger partial charge in [0.2, 0.25) is 9.84 Å². The van der Waals surface area contributed by atoms with Gasteiger partial charge in [0.25, 0.3) is 0 Å². The largest absolute Gasteiger partial charge is 0.310 e. The Labute approximate surface area is 296 Å². The highest BCUT2D eigenvalue weighted by Gasteiger charge is 2.58. The second kappa shape index (κ2) is 12.1. The minimum Gasteiger partial charge on any atom is -0.310 e. The van der Waals surface area contributed by atoms with Gasteiger partial charge in [-0.3, -0.25) is 0 Å². The van der Waals surface area contributed by atoms with Crippen molar-refractivity contribution in [3.63, 3.8) is 0 Å². The Balaban J connectivity index is 1.27. The number of sulfone groups is 1. The van der Waals surface area contributed by atoms with Crippen LogP contribution in [0.4, 0.5) is 17.1 Å². The predicted octanol–water partition coefficient (Wildman–Crippen LogP) is 11.8. The summed E-state index contributed by atoms with van der Waals surface area (Å²) in [6.45, 7) is 2.39. The molecule has 2 fully saturated rings. The highest BCUT2D eigenvalue weighted by molar-refractivity contribution is 7.91. The summed E-state index contributed by atoms with van der Waals surface area (Å²) in [5.74, 6) is 1.43. The average molecular weight is 672 g/mol. The molecule has 0 radical (unpaired) electrons. The van der Waals surface area contributed by atoms with Crippen molar-refractivity contribution in [3.8, 4) is 22.3 Å². The Morgan fingerprint density at radius 1 is 0.520 bits per heavy atom. The molecule has 2 aliphatic carbocycles. The van der Waals surface area contributed by atoms with Gasteiger partial charge in [-0.1, -0.05) is 116 Å². The van der Waals surface area contributed by atoms with E-state index >= 15 is 0 Å². The van der Waals surface area contributed by atoms with Gasteiger partial charge in [0, 0.05) is 22.5 Å². The lowest BCUT2D eigenvalue weighted by Crippen LogP contribution is -2.53. The van der Waals surface area contributed by atoms with E-state index in [0.717, 1.165) is 70.6 Å². The Morgan fingerprint density at radius 3 is 1.76 bits per heavy atom. The molecule has 3 aliphatic rings. The molecular weight excluding hydrogens is 631 g/mol. The van der Waals surface area contributed by atoms with Gasteiger partial charge in [-0.2, -0.15) is 0 Å². The van der Waals surface area contributed by atoms with Gasteiger partial charge in [0.1, 0.15) is 0 Å². The quantitative estimate of drug-likeness (QED) is 0.183. The first-order chi connectivity index (χ1) is 24.4. The van der Waals surface area contributed by atoms with Gasteiger partial charge < -0.3 is 4.90 Å². The van der Waals surface area contributed by atoms with E-state index in [2.05, 4.69) is 121 Å². The van der Waals surface area contributed by atoms with E-state index in [0.29, 0.717) is 27.5 Å². The molecule has 0 amide bonds. The fraction of sp³-hybridized carbons (Fsp3) is 0.217. The third kappa shape index (κ3) is 4.87. The van der Waals surface area contributed by atoms with Gasteiger partial charge in [-0.25, -0.2) is 8.42 Å². The molecule has 1 spiro atoms. The molecule has 0 N–H and O–H groups in total. The molecule has 9 rings (SSSR count). The number of anilines is 3. The van der Waals surface area contributed by atoms with Crippen molar-refractivity contribution >= 4 is 26.9 Å². The molecule has 6 aromatic carbocycles. The monoisotopic (exact) mass is 671 g/mol. The summed E-state index contributed by atoms with van der Waals surface area (Å²) in [6, 6.07) is 52.5. The highest BCUT2D eigenvalue weighted by atomic mass is 32.2. The van der Waals surface area contributed by atoms with Crippen LogP contribution in [-0.2, 0) is 15.3 Å². The van der Waals surface area contributed by atoms with E-state index in [-0.39, 0.29) is 5.41 Å². The van der Waals surface area contributed by atoms with Crippen LogP contribution in [0.1, 0.15) is 50.2 Å². The van der Waals surface area contributed by atoms with Crippen LogP contribution in [0.2, 0.25) is 0 Å². The maximum Gasteiger partial charge on any atom is 0.207 e. The first kappa shape index (κ1) is 31.1. The van der Waals surface area contributed by atoms with E-state index in [1.54, 1.807) is 0 Å². The van der Waals surface area contributed by atoms with Crippen molar-refractivity contribution in [2.45, 2.75) is 54.2 Å². The van der Waals surface area contributed by atoms with Crippen LogP contribution >= 0.6 is 0 Å². The molecule has 248 valence electrons. The van der Waals surface area contributed by atoms with E-state index in [1.807, 2.05) is 42.5 Å². The second-order valence-electron chi connectivity index (χ2n) is 14.6. The van der Waals surface area contributed by atoms with Crippen LogP contribution in [0.25, 0.3) is 22.3 Å². The second-order valence-corrected chi connectivity index (χ2v) is 16.5. The Hall–Kier alpha value is -4.93. The summed E-state index contributed by atoms with van der Waals surface area (Å²) in [5, 5.41) is 0. The van der Waals surface area contributed by atoms with Gasteiger partial charge >= 0.3 is 0 Å². The number of nitrogens with zero attached hydrogens (tertiary/aromatic N) is 1. The summed E-state index contributed by atoms with van der Waals surface area (Å²) < 4.78 is 29.0. The molecule has 0 saturated heterocycles. The average Bonchev–Trinajstić information content (AvgIpc) is 3.15. The molecule has 1 aliphatic heterocycles. The van der Waals surface area contributed by atoms with Crippen LogP contribution < -0.4 is 4.90 Å². The maximum atomic E-state index is 14.5. The predicted molar refractivity (Wildman–Crippen MR) is 204 cm³/mol. The Bertz CT molecular complexity index is 2280. The van der Waals surface area contributed by atoms with Crippen LogP contribution in [0.3, 0.4) is 0 Å². The zero-order valence-corrected chi connectivity index (χ0v) is 29.2. The Kier molecular flexibility index (Phi) is 7.54. The summed E-state index contributed by atoms with van der Waals surface area (Å²) in [5.41, 5.74) is 9.36. The molecule has 2 bridgehead atoms. The van der Waals surface area contributed by atoms with Gasteiger partial charge in [-0.15, -0.1) is 0 Å². The van der Waals surface area contributed by atoms with E-state index < -0.39 is 9.84 Å². The van der Waals surface area contributed by atoms with Crippen molar-refractivity contribution in [1.82, 2.24) is 0 Å². The molecule has 1 unspecified atom stereocenters. The van der Waals surface area contributed by atoms with E-state index in [4.69, 9.17) is 0 Å². The molecule has 4 atom stereocenters. The molecule has 4 heteroatoms. The van der Waals surface area contributed by atoms with E-state index in [9.17, 15) is 8.42 Å². The fourth-order valence-corrected chi connectivity index (χ4v) is 11.6. The minimum atomic E-state index is -3.69. The van der Waals surface area contributed by atoms with E-state index in [1.165, 1.54) is 12.0 Å². The standard InChI is InChI=1S/C46H41NO2S/c1-32-28-37-17-11-18-38(29-32)46(37)42-20-8-9-21-44(42)50(48,49)45-27-26-41(31-43(45)46)47(39-24-22-35(23-25-39)33-12-4-2-5-13-33)40-19-10-16-36(30-40)34-14-6-3-7-15-34/h2-10,12-16,19-27,30-32,37-38H,11,17-18,28-29H2,1H3/t32-,37-,38+,46?. The first-order valence-corrected chi connectivity index (χ1v) is 19.5. The number of rotatable bonds is 5. The zero-order chi connectivity index (χ0) is 33.9.